The number of rotatable bonds is 6. The summed E-state index contributed by atoms with van der Waals surface area (Å²) >= 11 is 0. The van der Waals surface area contributed by atoms with Crippen molar-refractivity contribution in [3.8, 4) is 0 Å². The van der Waals surface area contributed by atoms with E-state index >= 15 is 0 Å². The lowest BCUT2D eigenvalue weighted by Crippen LogP contribution is -2.72. The highest BCUT2D eigenvalue weighted by Gasteiger charge is 2.44. The Labute approximate surface area is 117 Å². The van der Waals surface area contributed by atoms with E-state index in [9.17, 15) is 0 Å². The Hall–Kier alpha value is 0.354. The molecular weight excluding hydrogens is 252 g/mol. The average molecular weight is 287 g/mol. The van der Waals surface area contributed by atoms with E-state index in [4.69, 9.17) is 0 Å². The van der Waals surface area contributed by atoms with E-state index in [-0.39, 0.29) is 0 Å². The van der Waals surface area contributed by atoms with Crippen LogP contribution in [0.25, 0.3) is 0 Å². The van der Waals surface area contributed by atoms with Crippen molar-refractivity contribution in [1.29, 1.82) is 0 Å². The van der Waals surface area contributed by atoms with Crippen molar-refractivity contribution >= 4 is 16.5 Å². The Morgan fingerprint density at radius 3 is 1.33 bits per heavy atom. The van der Waals surface area contributed by atoms with Gasteiger partial charge in [0.1, 0.15) is 16.5 Å². The third kappa shape index (κ3) is 4.18. The van der Waals surface area contributed by atoms with E-state index < -0.39 is 16.5 Å². The lowest BCUT2D eigenvalue weighted by Gasteiger charge is -2.53. The van der Waals surface area contributed by atoms with E-state index in [1.807, 2.05) is 0 Å². The molecule has 0 aromatic carbocycles. The van der Waals surface area contributed by atoms with Gasteiger partial charge in [0, 0.05) is 0 Å². The topological polar surface area (TPSA) is 6.48 Å². The van der Waals surface area contributed by atoms with Crippen LogP contribution >= 0.6 is 0 Å². The average Bonchev–Trinajstić information content (AvgIpc) is 2.28. The molecule has 0 spiro atoms. The zero-order valence-corrected chi connectivity index (χ0v) is 15.6. The summed E-state index contributed by atoms with van der Waals surface area (Å²) in [5, 5.41) is 0. The minimum absolute atomic E-state index is 1.17. The van der Waals surface area contributed by atoms with Crippen molar-refractivity contribution in [3.05, 3.63) is 0 Å². The Morgan fingerprint density at radius 2 is 1.06 bits per heavy atom. The maximum Gasteiger partial charge on any atom is 0.135 e. The highest BCUT2D eigenvalue weighted by molar-refractivity contribution is 6.83. The second kappa shape index (κ2) is 6.68. The van der Waals surface area contributed by atoms with Gasteiger partial charge in [0.25, 0.3) is 0 Å². The molecule has 108 valence electrons. The molecule has 0 unspecified atom stereocenters. The van der Waals surface area contributed by atoms with Gasteiger partial charge in [-0.1, -0.05) is 52.9 Å². The molecule has 0 radical (unpaired) electrons. The van der Waals surface area contributed by atoms with Crippen LogP contribution in [0.2, 0.25) is 26.2 Å². The molecule has 0 aliphatic carbocycles. The maximum absolute atomic E-state index is 2.91. The molecule has 0 N–H and O–H groups in total. The number of hydrogen-bond donors (Lipinski definition) is 0. The van der Waals surface area contributed by atoms with Crippen molar-refractivity contribution in [2.45, 2.75) is 65.7 Å². The normalized spacial score (nSPS) is 24.3. The second-order valence-electron chi connectivity index (χ2n) is 7.18. The summed E-state index contributed by atoms with van der Waals surface area (Å²) in [6.07, 6.45) is 8.27. The van der Waals surface area contributed by atoms with Crippen LogP contribution in [0.4, 0.5) is 0 Å². The van der Waals surface area contributed by atoms with Crippen molar-refractivity contribution in [2.24, 2.45) is 0 Å². The summed E-state index contributed by atoms with van der Waals surface area (Å²) in [6.45, 7) is 17.6. The molecule has 1 aliphatic rings. The molecule has 0 aromatic rings. The fourth-order valence-electron chi connectivity index (χ4n) is 3.02. The zero-order valence-electron chi connectivity index (χ0n) is 13.6. The number of nitrogens with zero attached hydrogens (tertiary/aromatic N) is 2. The molecule has 0 aromatic heterocycles. The smallest absolute Gasteiger partial charge is 0.135 e. The SMILES string of the molecule is CCCCN1C[Si](C)(C)N(CCCC)C[Si]1(C)C. The first-order valence-corrected chi connectivity index (χ1v) is 14.1. The van der Waals surface area contributed by atoms with Crippen LogP contribution in [-0.2, 0) is 0 Å². The molecule has 0 bridgehead atoms. The first-order chi connectivity index (χ1) is 8.33. The summed E-state index contributed by atoms with van der Waals surface area (Å²) in [4.78, 5) is 0. The monoisotopic (exact) mass is 286 g/mol. The van der Waals surface area contributed by atoms with Gasteiger partial charge in [0.15, 0.2) is 0 Å². The quantitative estimate of drug-likeness (QED) is 0.687. The van der Waals surface area contributed by atoms with Gasteiger partial charge in [0.2, 0.25) is 0 Å². The van der Waals surface area contributed by atoms with Crippen LogP contribution in [0.5, 0.6) is 0 Å². The third-order valence-electron chi connectivity index (χ3n) is 4.43. The molecule has 1 heterocycles. The second-order valence-corrected chi connectivity index (χ2v) is 16.3. The van der Waals surface area contributed by atoms with E-state index in [1.165, 1.54) is 51.1 Å². The largest absolute Gasteiger partial charge is 0.324 e. The van der Waals surface area contributed by atoms with Gasteiger partial charge >= 0.3 is 0 Å². The predicted molar refractivity (Wildman–Crippen MR) is 87.9 cm³/mol. The molecule has 2 nitrogen and oxygen atoms in total. The van der Waals surface area contributed by atoms with E-state index in [0.717, 1.165) is 0 Å². The van der Waals surface area contributed by atoms with E-state index in [1.54, 1.807) is 0 Å². The predicted octanol–water partition coefficient (Wildman–Crippen LogP) is 3.69. The molecule has 1 rings (SSSR count). The fraction of sp³-hybridized carbons (Fsp3) is 1.00. The van der Waals surface area contributed by atoms with Crippen LogP contribution in [0.15, 0.2) is 0 Å². The summed E-state index contributed by atoms with van der Waals surface area (Å²) in [6, 6.07) is 0. The van der Waals surface area contributed by atoms with E-state index in [0.29, 0.717) is 0 Å². The Bertz CT molecular complexity index is 228. The summed E-state index contributed by atoms with van der Waals surface area (Å²) < 4.78 is 5.82. The Balaban J connectivity index is 2.68. The number of hydrogen-bond acceptors (Lipinski definition) is 2. The van der Waals surface area contributed by atoms with Gasteiger partial charge in [-0.05, 0) is 38.3 Å². The number of unbranched alkanes of at least 4 members (excludes halogenated alkanes) is 2. The molecule has 0 saturated carbocycles. The van der Waals surface area contributed by atoms with Crippen molar-refractivity contribution < 1.29 is 0 Å². The van der Waals surface area contributed by atoms with Crippen molar-refractivity contribution in [3.63, 3.8) is 0 Å². The highest BCUT2D eigenvalue weighted by atomic mass is 28.4. The van der Waals surface area contributed by atoms with E-state index in [2.05, 4.69) is 49.2 Å². The Kier molecular flexibility index (Phi) is 6.09. The molecule has 1 aliphatic heterocycles. The standard InChI is InChI=1S/C14H34N2Si2/c1-7-9-11-15-13-18(5,6)16(12-10-8-2)14-17(15,3)4/h7-14H2,1-6H3. The molecule has 4 heteroatoms. The van der Waals surface area contributed by atoms with Gasteiger partial charge in [-0.25, -0.2) is 0 Å². The first kappa shape index (κ1) is 16.4. The highest BCUT2D eigenvalue weighted by Crippen LogP contribution is 2.26. The van der Waals surface area contributed by atoms with Gasteiger partial charge in [-0.3, -0.25) is 0 Å². The minimum Gasteiger partial charge on any atom is -0.324 e. The molecule has 0 amide bonds. The zero-order chi connectivity index (χ0) is 13.8. The maximum atomic E-state index is 2.91. The molecule has 18 heavy (non-hydrogen) atoms. The van der Waals surface area contributed by atoms with Crippen LogP contribution in [0.3, 0.4) is 0 Å². The van der Waals surface area contributed by atoms with Gasteiger partial charge in [-0.2, -0.15) is 0 Å². The van der Waals surface area contributed by atoms with Crippen LogP contribution in [-0.4, -0.2) is 51.0 Å². The lowest BCUT2D eigenvalue weighted by atomic mass is 10.3. The Morgan fingerprint density at radius 1 is 0.722 bits per heavy atom. The van der Waals surface area contributed by atoms with Crippen LogP contribution in [0.1, 0.15) is 39.5 Å². The van der Waals surface area contributed by atoms with Gasteiger partial charge in [0.05, 0.1) is 0 Å². The third-order valence-corrected chi connectivity index (χ3v) is 11.6. The van der Waals surface area contributed by atoms with Gasteiger partial charge in [-0.15, -0.1) is 0 Å². The molecule has 0 atom stereocenters. The van der Waals surface area contributed by atoms with Crippen LogP contribution in [0, 0.1) is 0 Å². The van der Waals surface area contributed by atoms with Crippen molar-refractivity contribution in [2.75, 3.05) is 25.4 Å². The van der Waals surface area contributed by atoms with Crippen molar-refractivity contribution in [1.82, 2.24) is 9.13 Å². The summed E-state index contributed by atoms with van der Waals surface area (Å²) in [7, 11) is -2.33. The lowest BCUT2D eigenvalue weighted by molar-refractivity contribution is 0.361. The molecule has 1 fully saturated rings. The molecular formula is C14H34N2Si2. The molecule has 1 saturated heterocycles. The van der Waals surface area contributed by atoms with Crippen LogP contribution < -0.4 is 0 Å². The summed E-state index contributed by atoms with van der Waals surface area (Å²) in [5.41, 5.74) is 0. The minimum atomic E-state index is -1.17. The van der Waals surface area contributed by atoms with Gasteiger partial charge < -0.3 is 9.13 Å². The fourth-order valence-corrected chi connectivity index (χ4v) is 12.9. The summed E-state index contributed by atoms with van der Waals surface area (Å²) in [5.74, 6) is 0. The first-order valence-electron chi connectivity index (χ1n) is 7.83.